The van der Waals surface area contributed by atoms with Crippen molar-refractivity contribution in [3.63, 3.8) is 0 Å². The molecule has 0 saturated carbocycles. The summed E-state index contributed by atoms with van der Waals surface area (Å²) in [5.74, 6) is 0.867. The van der Waals surface area contributed by atoms with Crippen LogP contribution in [0.5, 0.6) is 5.75 Å². The van der Waals surface area contributed by atoms with Gasteiger partial charge in [-0.15, -0.1) is 0 Å². The molecule has 1 aliphatic rings. The van der Waals surface area contributed by atoms with Gasteiger partial charge in [-0.2, -0.15) is 0 Å². The van der Waals surface area contributed by atoms with Crippen molar-refractivity contribution >= 4 is 21.8 Å². The number of ether oxygens (including phenoxy) is 1. The average molecular weight is 326 g/mol. The lowest BCUT2D eigenvalue weighted by atomic mass is 10.1. The Labute approximate surface area is 123 Å². The Balaban J connectivity index is 2.01. The smallest absolute Gasteiger partial charge is 0.263 e. The Morgan fingerprint density at radius 2 is 2.00 bits per heavy atom. The van der Waals surface area contributed by atoms with Gasteiger partial charge in [0.2, 0.25) is 0 Å². The van der Waals surface area contributed by atoms with E-state index in [2.05, 4.69) is 15.9 Å². The van der Waals surface area contributed by atoms with Crippen LogP contribution in [0.1, 0.15) is 31.7 Å². The highest BCUT2D eigenvalue weighted by atomic mass is 79.9. The van der Waals surface area contributed by atoms with E-state index in [4.69, 9.17) is 4.74 Å². The van der Waals surface area contributed by atoms with Gasteiger partial charge in [-0.05, 0) is 50.8 Å². The topological polar surface area (TPSA) is 29.5 Å². The maximum atomic E-state index is 12.3. The first-order chi connectivity index (χ1) is 9.08. The first kappa shape index (κ1) is 14.4. The lowest BCUT2D eigenvalue weighted by Gasteiger charge is -2.29. The van der Waals surface area contributed by atoms with Crippen molar-refractivity contribution in [1.29, 1.82) is 0 Å². The van der Waals surface area contributed by atoms with Crippen LogP contribution in [0.25, 0.3) is 0 Å². The second-order valence-electron chi connectivity index (χ2n) is 5.06. The third-order valence-electron chi connectivity index (χ3n) is 3.47. The zero-order chi connectivity index (χ0) is 13.8. The SMILES string of the molecule is Cc1ccc(Br)cc1OC(C)C(=O)N1CCCCC1. The summed E-state index contributed by atoms with van der Waals surface area (Å²) in [6.07, 6.45) is 3.01. The molecule has 1 heterocycles. The van der Waals surface area contributed by atoms with Gasteiger partial charge < -0.3 is 9.64 Å². The Morgan fingerprint density at radius 1 is 1.32 bits per heavy atom. The molecule has 0 aliphatic carbocycles. The van der Waals surface area contributed by atoms with E-state index in [1.54, 1.807) is 0 Å². The van der Waals surface area contributed by atoms with Crippen molar-refractivity contribution in [2.24, 2.45) is 0 Å². The van der Waals surface area contributed by atoms with Crippen molar-refractivity contribution in [1.82, 2.24) is 4.90 Å². The standard InChI is InChI=1S/C15H20BrNO2/c1-11-6-7-13(16)10-14(11)19-12(2)15(18)17-8-4-3-5-9-17/h6-7,10,12H,3-5,8-9H2,1-2H3. The highest BCUT2D eigenvalue weighted by molar-refractivity contribution is 9.10. The molecule has 1 unspecified atom stereocenters. The molecule has 0 N–H and O–H groups in total. The third kappa shape index (κ3) is 3.72. The molecule has 1 atom stereocenters. The minimum Gasteiger partial charge on any atom is -0.481 e. The fourth-order valence-electron chi connectivity index (χ4n) is 2.31. The van der Waals surface area contributed by atoms with E-state index in [1.807, 2.05) is 36.9 Å². The highest BCUT2D eigenvalue weighted by Gasteiger charge is 2.23. The third-order valence-corrected chi connectivity index (χ3v) is 3.96. The summed E-state index contributed by atoms with van der Waals surface area (Å²) >= 11 is 3.42. The molecule has 1 saturated heterocycles. The molecule has 1 aromatic carbocycles. The largest absolute Gasteiger partial charge is 0.481 e. The molecule has 3 nitrogen and oxygen atoms in total. The van der Waals surface area contributed by atoms with E-state index in [-0.39, 0.29) is 5.91 Å². The summed E-state index contributed by atoms with van der Waals surface area (Å²) < 4.78 is 6.78. The summed E-state index contributed by atoms with van der Waals surface area (Å²) in [6, 6.07) is 5.87. The zero-order valence-corrected chi connectivity index (χ0v) is 13.1. The number of rotatable bonds is 3. The quantitative estimate of drug-likeness (QED) is 0.850. The van der Waals surface area contributed by atoms with Crippen LogP contribution >= 0.6 is 15.9 Å². The number of hydrogen-bond donors (Lipinski definition) is 0. The highest BCUT2D eigenvalue weighted by Crippen LogP contribution is 2.24. The fraction of sp³-hybridized carbons (Fsp3) is 0.533. The lowest BCUT2D eigenvalue weighted by molar-refractivity contribution is -0.138. The van der Waals surface area contributed by atoms with Gasteiger partial charge in [0.15, 0.2) is 6.10 Å². The van der Waals surface area contributed by atoms with Crippen LogP contribution in [0.2, 0.25) is 0 Å². The molecule has 0 radical (unpaired) electrons. The zero-order valence-electron chi connectivity index (χ0n) is 11.5. The van der Waals surface area contributed by atoms with Crippen LogP contribution in [0.3, 0.4) is 0 Å². The molecule has 4 heteroatoms. The second-order valence-corrected chi connectivity index (χ2v) is 5.97. The maximum absolute atomic E-state index is 12.3. The number of carbonyl (C=O) groups excluding carboxylic acids is 1. The number of hydrogen-bond acceptors (Lipinski definition) is 2. The van der Waals surface area contributed by atoms with Crippen molar-refractivity contribution < 1.29 is 9.53 Å². The van der Waals surface area contributed by atoms with Gasteiger partial charge in [-0.25, -0.2) is 0 Å². The van der Waals surface area contributed by atoms with E-state index < -0.39 is 6.10 Å². The summed E-state index contributed by atoms with van der Waals surface area (Å²) in [5, 5.41) is 0. The summed E-state index contributed by atoms with van der Waals surface area (Å²) in [4.78, 5) is 14.2. The van der Waals surface area contributed by atoms with Gasteiger partial charge >= 0.3 is 0 Å². The molecular weight excluding hydrogens is 306 g/mol. The number of aryl methyl sites for hydroxylation is 1. The van der Waals surface area contributed by atoms with Crippen LogP contribution in [0.4, 0.5) is 0 Å². The lowest BCUT2D eigenvalue weighted by Crippen LogP contribution is -2.43. The molecule has 1 aliphatic heterocycles. The van der Waals surface area contributed by atoms with E-state index in [9.17, 15) is 4.79 Å². The second kappa shape index (κ2) is 6.42. The molecule has 0 bridgehead atoms. The summed E-state index contributed by atoms with van der Waals surface area (Å²) in [5.41, 5.74) is 1.04. The van der Waals surface area contributed by atoms with Crippen LogP contribution in [-0.2, 0) is 4.79 Å². The first-order valence-electron chi connectivity index (χ1n) is 6.79. The van der Waals surface area contributed by atoms with Gasteiger partial charge in [0.1, 0.15) is 5.75 Å². The molecule has 104 valence electrons. The van der Waals surface area contributed by atoms with Crippen LogP contribution in [-0.4, -0.2) is 30.0 Å². The van der Waals surface area contributed by atoms with Crippen LogP contribution in [0, 0.1) is 6.92 Å². The molecule has 2 rings (SSSR count). The Hall–Kier alpha value is -1.03. The maximum Gasteiger partial charge on any atom is 0.263 e. The van der Waals surface area contributed by atoms with E-state index >= 15 is 0 Å². The van der Waals surface area contributed by atoms with E-state index in [0.29, 0.717) is 0 Å². The minimum absolute atomic E-state index is 0.0964. The number of piperidine rings is 1. The average Bonchev–Trinajstić information content (AvgIpc) is 2.43. The van der Waals surface area contributed by atoms with Gasteiger partial charge in [0.05, 0.1) is 0 Å². The van der Waals surface area contributed by atoms with Crippen molar-refractivity contribution in [3.05, 3.63) is 28.2 Å². The Kier molecular flexibility index (Phi) is 4.86. The van der Waals surface area contributed by atoms with Crippen LogP contribution in [0.15, 0.2) is 22.7 Å². The Bertz CT molecular complexity index is 455. The van der Waals surface area contributed by atoms with Crippen LogP contribution < -0.4 is 4.74 Å². The summed E-state index contributed by atoms with van der Waals surface area (Å²) in [6.45, 7) is 5.55. The van der Waals surface area contributed by atoms with E-state index in [0.717, 1.165) is 41.7 Å². The molecule has 1 aromatic rings. The number of carbonyl (C=O) groups is 1. The monoisotopic (exact) mass is 325 g/mol. The molecule has 0 aromatic heterocycles. The molecular formula is C15H20BrNO2. The van der Waals surface area contributed by atoms with Gasteiger partial charge in [0, 0.05) is 17.6 Å². The predicted octanol–water partition coefficient (Wildman–Crippen LogP) is 3.54. The van der Waals surface area contributed by atoms with Gasteiger partial charge in [-0.3, -0.25) is 4.79 Å². The van der Waals surface area contributed by atoms with Crippen molar-refractivity contribution in [3.8, 4) is 5.75 Å². The van der Waals surface area contributed by atoms with Gasteiger partial charge in [-0.1, -0.05) is 22.0 Å². The molecule has 19 heavy (non-hydrogen) atoms. The first-order valence-corrected chi connectivity index (χ1v) is 7.59. The predicted molar refractivity (Wildman–Crippen MR) is 79.4 cm³/mol. The Morgan fingerprint density at radius 3 is 2.68 bits per heavy atom. The summed E-state index contributed by atoms with van der Waals surface area (Å²) in [7, 11) is 0. The molecule has 0 spiro atoms. The number of benzene rings is 1. The minimum atomic E-state index is -0.425. The van der Waals surface area contributed by atoms with Crippen molar-refractivity contribution in [2.75, 3.05) is 13.1 Å². The molecule has 1 fully saturated rings. The molecule has 1 amide bonds. The number of halogens is 1. The number of nitrogens with zero attached hydrogens (tertiary/aromatic N) is 1. The van der Waals surface area contributed by atoms with Crippen molar-refractivity contribution in [2.45, 2.75) is 39.2 Å². The fourth-order valence-corrected chi connectivity index (χ4v) is 2.65. The normalized spacial score (nSPS) is 17.1. The van der Waals surface area contributed by atoms with E-state index in [1.165, 1.54) is 6.42 Å². The number of likely N-dealkylation sites (tertiary alicyclic amines) is 1. The van der Waals surface area contributed by atoms with Gasteiger partial charge in [0.25, 0.3) is 5.91 Å². The number of amides is 1.